The van der Waals surface area contributed by atoms with Gasteiger partial charge in [0.25, 0.3) is 0 Å². The van der Waals surface area contributed by atoms with Crippen LogP contribution in [0, 0.1) is 0 Å². The molecule has 0 heterocycles. The molecule has 0 aliphatic heterocycles. The van der Waals surface area contributed by atoms with Gasteiger partial charge in [-0.1, -0.05) is 6.07 Å². The third-order valence-corrected chi connectivity index (χ3v) is 3.18. The molecule has 0 aromatic heterocycles. The second-order valence-electron chi connectivity index (χ2n) is 4.70. The predicted molar refractivity (Wildman–Crippen MR) is 57.6 cm³/mol. The summed E-state index contributed by atoms with van der Waals surface area (Å²) in [5, 5.41) is 9.12. The molecule has 94 valence electrons. The average molecular weight is 245 g/mol. The number of halogens is 3. The number of phenolic OH excluding ortho intramolecular Hbond substituents is 1. The topological polar surface area (TPSA) is 46.2 Å². The van der Waals surface area contributed by atoms with Crippen molar-refractivity contribution in [3.05, 3.63) is 29.3 Å². The van der Waals surface area contributed by atoms with Crippen LogP contribution in [0.5, 0.6) is 5.75 Å². The second-order valence-corrected chi connectivity index (χ2v) is 4.70. The molecule has 1 saturated carbocycles. The van der Waals surface area contributed by atoms with Crippen molar-refractivity contribution in [2.75, 3.05) is 0 Å². The predicted octanol–water partition coefficient (Wildman–Crippen LogP) is 2.83. The first kappa shape index (κ1) is 12.2. The Kier molecular flexibility index (Phi) is 2.81. The molecule has 0 spiro atoms. The molecule has 2 nitrogen and oxygen atoms in total. The Balaban J connectivity index is 2.20. The molecule has 1 aliphatic rings. The Morgan fingerprint density at radius 2 is 1.94 bits per heavy atom. The van der Waals surface area contributed by atoms with Crippen LogP contribution in [0.15, 0.2) is 18.2 Å². The second kappa shape index (κ2) is 3.91. The summed E-state index contributed by atoms with van der Waals surface area (Å²) in [4.78, 5) is 0. The molecule has 0 unspecified atom stereocenters. The molecule has 0 atom stereocenters. The van der Waals surface area contributed by atoms with Crippen LogP contribution in [0.3, 0.4) is 0 Å². The molecule has 0 radical (unpaired) electrons. The van der Waals surface area contributed by atoms with Gasteiger partial charge in [-0.15, -0.1) is 0 Å². The first-order valence-corrected chi connectivity index (χ1v) is 5.48. The molecular formula is C12H14F3NO. The van der Waals surface area contributed by atoms with Gasteiger partial charge in [0.2, 0.25) is 0 Å². The first-order valence-electron chi connectivity index (χ1n) is 5.48. The molecule has 1 fully saturated rings. The SMILES string of the molecule is NC1(CCc2ccc(O)cc2C(F)(F)F)CC1. The number of nitrogens with two attached hydrogens (primary N) is 1. The number of aryl methyl sites for hydroxylation is 1. The monoisotopic (exact) mass is 245 g/mol. The molecule has 5 heteroatoms. The van der Waals surface area contributed by atoms with Crippen molar-refractivity contribution in [3.63, 3.8) is 0 Å². The van der Waals surface area contributed by atoms with Crippen LogP contribution < -0.4 is 5.73 Å². The maximum absolute atomic E-state index is 12.7. The highest BCUT2D eigenvalue weighted by Gasteiger charge is 2.39. The summed E-state index contributed by atoms with van der Waals surface area (Å²) >= 11 is 0. The zero-order chi connectivity index (χ0) is 12.7. The van der Waals surface area contributed by atoms with Crippen molar-refractivity contribution >= 4 is 0 Å². The van der Waals surface area contributed by atoms with Crippen molar-refractivity contribution in [2.45, 2.75) is 37.4 Å². The minimum atomic E-state index is -4.43. The molecule has 3 N–H and O–H groups in total. The fourth-order valence-corrected chi connectivity index (χ4v) is 1.84. The van der Waals surface area contributed by atoms with E-state index in [4.69, 9.17) is 10.8 Å². The van der Waals surface area contributed by atoms with E-state index in [0.29, 0.717) is 12.8 Å². The summed E-state index contributed by atoms with van der Waals surface area (Å²) in [7, 11) is 0. The van der Waals surface area contributed by atoms with E-state index in [1.165, 1.54) is 12.1 Å². The number of hydrogen-bond acceptors (Lipinski definition) is 2. The van der Waals surface area contributed by atoms with Gasteiger partial charge in [0.05, 0.1) is 5.56 Å². The lowest BCUT2D eigenvalue weighted by molar-refractivity contribution is -0.138. The van der Waals surface area contributed by atoms with E-state index >= 15 is 0 Å². The van der Waals surface area contributed by atoms with Gasteiger partial charge in [-0.05, 0) is 43.4 Å². The first-order chi connectivity index (χ1) is 7.80. The Labute approximate surface area is 97.2 Å². The summed E-state index contributed by atoms with van der Waals surface area (Å²) in [6, 6.07) is 3.37. The molecule has 0 amide bonds. The molecule has 0 bridgehead atoms. The summed E-state index contributed by atoms with van der Waals surface area (Å²) in [6.07, 6.45) is -1.81. The lowest BCUT2D eigenvalue weighted by Gasteiger charge is -2.15. The van der Waals surface area contributed by atoms with Crippen LogP contribution in [-0.4, -0.2) is 10.6 Å². The minimum Gasteiger partial charge on any atom is -0.508 e. The van der Waals surface area contributed by atoms with Crippen LogP contribution >= 0.6 is 0 Å². The Bertz CT molecular complexity index is 424. The number of aromatic hydroxyl groups is 1. The van der Waals surface area contributed by atoms with Gasteiger partial charge in [0.15, 0.2) is 0 Å². The minimum absolute atomic E-state index is 0.201. The molecule has 1 aliphatic carbocycles. The van der Waals surface area contributed by atoms with E-state index in [9.17, 15) is 13.2 Å². The van der Waals surface area contributed by atoms with Gasteiger partial charge >= 0.3 is 6.18 Å². The zero-order valence-corrected chi connectivity index (χ0v) is 9.22. The Morgan fingerprint density at radius 1 is 1.29 bits per heavy atom. The van der Waals surface area contributed by atoms with E-state index in [1.54, 1.807) is 0 Å². The number of alkyl halides is 3. The molecule has 2 rings (SSSR count). The summed E-state index contributed by atoms with van der Waals surface area (Å²) in [6.45, 7) is 0. The van der Waals surface area contributed by atoms with Crippen LogP contribution in [0.2, 0.25) is 0 Å². The van der Waals surface area contributed by atoms with Gasteiger partial charge in [-0.25, -0.2) is 0 Å². The number of phenols is 1. The molecule has 1 aromatic carbocycles. The van der Waals surface area contributed by atoms with E-state index in [-0.39, 0.29) is 16.9 Å². The highest BCUT2D eigenvalue weighted by atomic mass is 19.4. The van der Waals surface area contributed by atoms with Gasteiger partial charge in [-0.2, -0.15) is 13.2 Å². The normalized spacial score (nSPS) is 18.1. The standard InChI is InChI=1S/C12H14F3NO/c13-12(14,15)10-7-9(17)2-1-8(10)3-4-11(16)5-6-11/h1-2,7,17H,3-6,16H2. The van der Waals surface area contributed by atoms with Gasteiger partial charge in [-0.3, -0.25) is 0 Å². The number of hydrogen-bond donors (Lipinski definition) is 2. The third kappa shape index (κ3) is 2.91. The van der Waals surface area contributed by atoms with Gasteiger partial charge < -0.3 is 10.8 Å². The van der Waals surface area contributed by atoms with Crippen molar-refractivity contribution in [1.82, 2.24) is 0 Å². The Hall–Kier alpha value is -1.23. The third-order valence-electron chi connectivity index (χ3n) is 3.18. The number of benzene rings is 1. The van der Waals surface area contributed by atoms with Crippen LogP contribution in [-0.2, 0) is 12.6 Å². The largest absolute Gasteiger partial charge is 0.508 e. The van der Waals surface area contributed by atoms with Crippen molar-refractivity contribution < 1.29 is 18.3 Å². The lowest BCUT2D eigenvalue weighted by Crippen LogP contribution is -2.22. The van der Waals surface area contributed by atoms with E-state index < -0.39 is 11.7 Å². The molecular weight excluding hydrogens is 231 g/mol. The van der Waals surface area contributed by atoms with E-state index in [2.05, 4.69) is 0 Å². The number of rotatable bonds is 3. The van der Waals surface area contributed by atoms with E-state index in [1.807, 2.05) is 0 Å². The van der Waals surface area contributed by atoms with Crippen molar-refractivity contribution in [2.24, 2.45) is 5.73 Å². The highest BCUT2D eigenvalue weighted by Crippen LogP contribution is 2.39. The van der Waals surface area contributed by atoms with Gasteiger partial charge in [0, 0.05) is 5.54 Å². The summed E-state index contributed by atoms with van der Waals surface area (Å²) in [5.41, 5.74) is 5.03. The smallest absolute Gasteiger partial charge is 0.416 e. The maximum atomic E-state index is 12.7. The average Bonchev–Trinajstić information content (AvgIpc) is 2.94. The van der Waals surface area contributed by atoms with Gasteiger partial charge in [0.1, 0.15) is 5.75 Å². The zero-order valence-electron chi connectivity index (χ0n) is 9.22. The molecule has 17 heavy (non-hydrogen) atoms. The fourth-order valence-electron chi connectivity index (χ4n) is 1.84. The van der Waals surface area contributed by atoms with Crippen molar-refractivity contribution in [3.8, 4) is 5.75 Å². The van der Waals surface area contributed by atoms with Crippen molar-refractivity contribution in [1.29, 1.82) is 0 Å². The maximum Gasteiger partial charge on any atom is 0.416 e. The molecule has 1 aromatic rings. The fraction of sp³-hybridized carbons (Fsp3) is 0.500. The van der Waals surface area contributed by atoms with Crippen LogP contribution in [0.25, 0.3) is 0 Å². The lowest BCUT2D eigenvalue weighted by atomic mass is 9.99. The summed E-state index contributed by atoms with van der Waals surface area (Å²) in [5.74, 6) is -0.366. The van der Waals surface area contributed by atoms with E-state index in [0.717, 1.165) is 18.9 Å². The molecule has 0 saturated heterocycles. The van der Waals surface area contributed by atoms with Crippen LogP contribution in [0.1, 0.15) is 30.4 Å². The Morgan fingerprint density at radius 3 is 2.47 bits per heavy atom. The highest BCUT2D eigenvalue weighted by molar-refractivity contribution is 5.37. The van der Waals surface area contributed by atoms with Crippen LogP contribution in [0.4, 0.5) is 13.2 Å². The summed E-state index contributed by atoms with van der Waals surface area (Å²) < 4.78 is 38.2. The quantitative estimate of drug-likeness (QED) is 0.860.